The third-order valence-corrected chi connectivity index (χ3v) is 5.04. The number of carbonyl (C=O) groups excluding carboxylic acids is 1. The molecule has 0 spiro atoms. The summed E-state index contributed by atoms with van der Waals surface area (Å²) in [6.45, 7) is 1.80. The Kier molecular flexibility index (Phi) is 4.55. The molecule has 3 heteroatoms. The van der Waals surface area contributed by atoms with Crippen molar-refractivity contribution >= 4 is 5.91 Å². The number of benzene rings is 2. The van der Waals surface area contributed by atoms with Crippen LogP contribution in [0.4, 0.5) is 0 Å². The molecule has 4 rings (SSSR count). The van der Waals surface area contributed by atoms with Gasteiger partial charge < -0.3 is 9.64 Å². The van der Waals surface area contributed by atoms with Gasteiger partial charge in [0.2, 0.25) is 0 Å². The van der Waals surface area contributed by atoms with Gasteiger partial charge in [-0.25, -0.2) is 0 Å². The van der Waals surface area contributed by atoms with Crippen LogP contribution in [0, 0.1) is 0 Å². The van der Waals surface area contributed by atoms with E-state index in [2.05, 4.69) is 12.1 Å². The number of allylic oxidation sites excluding steroid dienone is 1. The Morgan fingerprint density at radius 1 is 0.800 bits per heavy atom. The van der Waals surface area contributed by atoms with Gasteiger partial charge in [0.1, 0.15) is 5.75 Å². The summed E-state index contributed by atoms with van der Waals surface area (Å²) in [6, 6.07) is 18.2. The van der Waals surface area contributed by atoms with Gasteiger partial charge >= 0.3 is 0 Å². The van der Waals surface area contributed by atoms with E-state index in [1.165, 1.54) is 18.4 Å². The first-order chi connectivity index (χ1) is 12.3. The molecule has 25 heavy (non-hydrogen) atoms. The first-order valence-corrected chi connectivity index (χ1v) is 9.05. The number of rotatable bonds is 4. The van der Waals surface area contributed by atoms with E-state index in [-0.39, 0.29) is 12.5 Å². The molecular formula is C22H23NO2. The van der Waals surface area contributed by atoms with Crippen molar-refractivity contribution in [1.29, 1.82) is 0 Å². The van der Waals surface area contributed by atoms with Crippen LogP contribution in [0.25, 0.3) is 11.1 Å². The van der Waals surface area contributed by atoms with Crippen molar-refractivity contribution in [2.45, 2.75) is 25.7 Å². The predicted octanol–water partition coefficient (Wildman–Crippen LogP) is 4.45. The van der Waals surface area contributed by atoms with Crippen LogP contribution in [0.1, 0.15) is 25.7 Å². The lowest BCUT2D eigenvalue weighted by Crippen LogP contribution is -2.39. The maximum absolute atomic E-state index is 12.3. The molecule has 0 unspecified atom stereocenters. The zero-order valence-electron chi connectivity index (χ0n) is 14.4. The molecule has 1 amide bonds. The topological polar surface area (TPSA) is 29.5 Å². The number of hydrogen-bond donors (Lipinski definition) is 0. The number of ether oxygens (including phenoxy) is 1. The van der Waals surface area contributed by atoms with Gasteiger partial charge in [-0.3, -0.25) is 4.79 Å². The summed E-state index contributed by atoms with van der Waals surface area (Å²) in [5.74, 6) is 0.831. The van der Waals surface area contributed by atoms with E-state index in [1.54, 1.807) is 11.1 Å². The normalized spacial score (nSPS) is 16.7. The van der Waals surface area contributed by atoms with Gasteiger partial charge in [0, 0.05) is 13.1 Å². The summed E-state index contributed by atoms with van der Waals surface area (Å²) in [6.07, 6.45) is 4.66. The highest BCUT2D eigenvalue weighted by atomic mass is 16.5. The van der Waals surface area contributed by atoms with Crippen LogP contribution in [-0.2, 0) is 4.79 Å². The molecule has 0 bridgehead atoms. The van der Waals surface area contributed by atoms with Crippen molar-refractivity contribution in [3.63, 3.8) is 0 Å². The Labute approximate surface area is 148 Å². The minimum absolute atomic E-state index is 0.0898. The first kappa shape index (κ1) is 15.9. The molecule has 1 saturated carbocycles. The van der Waals surface area contributed by atoms with Gasteiger partial charge in [0.25, 0.3) is 5.91 Å². The van der Waals surface area contributed by atoms with Crippen molar-refractivity contribution in [2.24, 2.45) is 0 Å². The highest BCUT2D eigenvalue weighted by molar-refractivity contribution is 5.78. The van der Waals surface area contributed by atoms with Gasteiger partial charge in [-0.1, -0.05) is 53.6 Å². The maximum atomic E-state index is 12.3. The second-order valence-corrected chi connectivity index (χ2v) is 6.77. The van der Waals surface area contributed by atoms with Crippen molar-refractivity contribution in [2.75, 3.05) is 19.7 Å². The van der Waals surface area contributed by atoms with Crippen LogP contribution in [0.2, 0.25) is 0 Å². The third-order valence-electron chi connectivity index (χ3n) is 5.04. The van der Waals surface area contributed by atoms with Crippen LogP contribution in [0.5, 0.6) is 5.75 Å². The Morgan fingerprint density at radius 3 is 2.04 bits per heavy atom. The summed E-state index contributed by atoms with van der Waals surface area (Å²) in [5, 5.41) is 0. The molecular weight excluding hydrogens is 310 g/mol. The minimum atomic E-state index is 0.0898. The number of carbonyl (C=O) groups is 1. The van der Waals surface area contributed by atoms with Crippen molar-refractivity contribution in [3.8, 4) is 16.9 Å². The van der Waals surface area contributed by atoms with E-state index in [9.17, 15) is 4.79 Å². The zero-order valence-corrected chi connectivity index (χ0v) is 14.4. The molecule has 2 aromatic rings. The van der Waals surface area contributed by atoms with Crippen LogP contribution in [-0.4, -0.2) is 30.5 Å². The smallest absolute Gasteiger partial charge is 0.260 e. The number of hydrogen-bond acceptors (Lipinski definition) is 2. The average molecular weight is 333 g/mol. The molecule has 2 fully saturated rings. The average Bonchev–Trinajstić information content (AvgIpc) is 3.53. The van der Waals surface area contributed by atoms with Crippen LogP contribution in [0.15, 0.2) is 65.7 Å². The van der Waals surface area contributed by atoms with Crippen molar-refractivity contribution < 1.29 is 9.53 Å². The summed E-state index contributed by atoms with van der Waals surface area (Å²) in [4.78, 5) is 14.3. The molecule has 0 atom stereocenters. The Morgan fingerprint density at radius 2 is 1.40 bits per heavy atom. The van der Waals surface area contributed by atoms with Gasteiger partial charge in [-0.2, -0.15) is 0 Å². The number of likely N-dealkylation sites (tertiary alicyclic amines) is 1. The second-order valence-electron chi connectivity index (χ2n) is 6.77. The fraction of sp³-hybridized carbons (Fsp3) is 0.318. The summed E-state index contributed by atoms with van der Waals surface area (Å²) >= 11 is 0. The molecule has 1 aliphatic heterocycles. The fourth-order valence-electron chi connectivity index (χ4n) is 3.41. The van der Waals surface area contributed by atoms with E-state index in [0.717, 1.165) is 37.2 Å². The number of nitrogens with zero attached hydrogens (tertiary/aromatic N) is 1. The lowest BCUT2D eigenvalue weighted by Gasteiger charge is -2.28. The summed E-state index contributed by atoms with van der Waals surface area (Å²) in [5.41, 5.74) is 5.57. The highest BCUT2D eigenvalue weighted by Crippen LogP contribution is 2.36. The van der Waals surface area contributed by atoms with Gasteiger partial charge in [-0.05, 0) is 48.9 Å². The SMILES string of the molecule is O=C(COc1ccc(-c2ccccc2)cc1)N1CCC(=C2CC2)CC1. The molecule has 0 radical (unpaired) electrons. The quantitative estimate of drug-likeness (QED) is 0.774. The molecule has 1 heterocycles. The molecule has 0 aromatic heterocycles. The Bertz CT molecular complexity index is 761. The first-order valence-electron chi connectivity index (χ1n) is 9.05. The minimum Gasteiger partial charge on any atom is -0.484 e. The van der Waals surface area contributed by atoms with E-state index >= 15 is 0 Å². The largest absolute Gasteiger partial charge is 0.484 e. The molecule has 0 N–H and O–H groups in total. The molecule has 2 aliphatic rings. The fourth-order valence-corrected chi connectivity index (χ4v) is 3.41. The molecule has 1 aliphatic carbocycles. The monoisotopic (exact) mass is 333 g/mol. The zero-order chi connectivity index (χ0) is 17.1. The number of amides is 1. The molecule has 2 aromatic carbocycles. The van der Waals surface area contributed by atoms with Gasteiger partial charge in [0.15, 0.2) is 6.61 Å². The second kappa shape index (κ2) is 7.14. The van der Waals surface area contributed by atoms with E-state index in [1.807, 2.05) is 47.4 Å². The molecule has 1 saturated heterocycles. The highest BCUT2D eigenvalue weighted by Gasteiger charge is 2.24. The lowest BCUT2D eigenvalue weighted by atomic mass is 10.0. The van der Waals surface area contributed by atoms with E-state index < -0.39 is 0 Å². The molecule has 128 valence electrons. The molecule has 3 nitrogen and oxygen atoms in total. The lowest BCUT2D eigenvalue weighted by molar-refractivity contribution is -0.133. The Balaban J connectivity index is 1.29. The van der Waals surface area contributed by atoms with Crippen LogP contribution in [0.3, 0.4) is 0 Å². The van der Waals surface area contributed by atoms with Gasteiger partial charge in [0.05, 0.1) is 0 Å². The predicted molar refractivity (Wildman–Crippen MR) is 99.4 cm³/mol. The number of piperidine rings is 1. The van der Waals surface area contributed by atoms with E-state index in [4.69, 9.17) is 4.74 Å². The van der Waals surface area contributed by atoms with Crippen molar-refractivity contribution in [3.05, 3.63) is 65.7 Å². The van der Waals surface area contributed by atoms with E-state index in [0.29, 0.717) is 0 Å². The summed E-state index contributed by atoms with van der Waals surface area (Å²) < 4.78 is 5.70. The van der Waals surface area contributed by atoms with Crippen molar-refractivity contribution in [1.82, 2.24) is 4.90 Å². The Hall–Kier alpha value is -2.55. The van der Waals surface area contributed by atoms with Gasteiger partial charge in [-0.15, -0.1) is 0 Å². The third kappa shape index (κ3) is 3.93. The standard InChI is InChI=1S/C22H23NO2/c24-22(23-14-12-20(13-15-23)18-6-7-18)16-25-21-10-8-19(9-11-21)17-4-2-1-3-5-17/h1-5,8-11H,6-7,12-16H2. The van der Waals surface area contributed by atoms with Crippen LogP contribution >= 0.6 is 0 Å². The van der Waals surface area contributed by atoms with Crippen LogP contribution < -0.4 is 4.74 Å². The maximum Gasteiger partial charge on any atom is 0.260 e. The summed E-state index contributed by atoms with van der Waals surface area (Å²) in [7, 11) is 0.